The minimum atomic E-state index is -0.713. The number of nitrogens with zero attached hydrogens (tertiary/aromatic N) is 5. The first-order valence-electron chi connectivity index (χ1n) is 16.4. The quantitative estimate of drug-likeness (QED) is 0.234. The van der Waals surface area contributed by atoms with Gasteiger partial charge in [-0.1, -0.05) is 18.2 Å². The molecule has 10 heteroatoms. The SMILES string of the molecule is COc1ccccc1-c1nc(C)cc(C(=O)Nc2nc3ccc(C4CCN(CCN(C)C)CC4)cc3n2C2CCC(O)CC2)c1F. The number of aliphatic hydroxyl groups excluding tert-OH is 1. The molecule has 46 heavy (non-hydrogen) atoms. The molecule has 1 saturated heterocycles. The highest BCUT2D eigenvalue weighted by Crippen LogP contribution is 2.38. The smallest absolute Gasteiger partial charge is 0.261 e. The molecular weight excluding hydrogens is 583 g/mol. The molecule has 0 bridgehead atoms. The summed E-state index contributed by atoms with van der Waals surface area (Å²) in [7, 11) is 5.75. The monoisotopic (exact) mass is 628 g/mol. The van der Waals surface area contributed by atoms with Crippen molar-refractivity contribution in [3.63, 3.8) is 0 Å². The number of rotatable bonds is 9. The van der Waals surface area contributed by atoms with Gasteiger partial charge in [-0.3, -0.25) is 10.1 Å². The Morgan fingerprint density at radius 2 is 1.78 bits per heavy atom. The normalized spacial score (nSPS) is 19.5. The van der Waals surface area contributed by atoms with Crippen LogP contribution in [0, 0.1) is 12.7 Å². The van der Waals surface area contributed by atoms with Gasteiger partial charge in [0.2, 0.25) is 5.95 Å². The van der Waals surface area contributed by atoms with Crippen molar-refractivity contribution < 1.29 is 19.0 Å². The van der Waals surface area contributed by atoms with Gasteiger partial charge in [0, 0.05) is 30.4 Å². The van der Waals surface area contributed by atoms with Crippen molar-refractivity contribution >= 4 is 22.9 Å². The molecule has 2 aliphatic rings. The van der Waals surface area contributed by atoms with Gasteiger partial charge in [-0.2, -0.15) is 0 Å². The van der Waals surface area contributed by atoms with Gasteiger partial charge in [0.05, 0.1) is 29.8 Å². The number of fused-ring (bicyclic) bond motifs is 1. The van der Waals surface area contributed by atoms with Gasteiger partial charge in [0.25, 0.3) is 5.91 Å². The summed E-state index contributed by atoms with van der Waals surface area (Å²) in [5.74, 6) is 0.0240. The van der Waals surface area contributed by atoms with Gasteiger partial charge in [-0.05, 0) is 114 Å². The van der Waals surface area contributed by atoms with E-state index in [0.29, 0.717) is 41.7 Å². The fourth-order valence-electron chi connectivity index (χ4n) is 6.98. The number of amides is 1. The third kappa shape index (κ3) is 6.79. The number of halogens is 1. The summed E-state index contributed by atoms with van der Waals surface area (Å²) in [4.78, 5) is 27.9. The second-order valence-electron chi connectivity index (χ2n) is 13.1. The Morgan fingerprint density at radius 1 is 1.04 bits per heavy atom. The number of hydrogen-bond acceptors (Lipinski definition) is 7. The molecule has 2 fully saturated rings. The molecular formula is C36H45FN6O3. The van der Waals surface area contributed by atoms with E-state index in [2.05, 4.69) is 50.9 Å². The third-order valence-corrected chi connectivity index (χ3v) is 9.59. The maximum Gasteiger partial charge on any atom is 0.261 e. The fraction of sp³-hybridized carbons (Fsp3) is 0.472. The van der Waals surface area contributed by atoms with Gasteiger partial charge in [-0.15, -0.1) is 0 Å². The number of ether oxygens (including phenoxy) is 1. The summed E-state index contributed by atoms with van der Waals surface area (Å²) in [5.41, 5.74) is 3.98. The first-order chi connectivity index (χ1) is 22.2. The molecule has 4 aromatic rings. The van der Waals surface area contributed by atoms with E-state index in [1.54, 1.807) is 31.2 Å². The van der Waals surface area contributed by atoms with Crippen LogP contribution in [0.4, 0.5) is 10.3 Å². The van der Waals surface area contributed by atoms with Crippen LogP contribution in [0.2, 0.25) is 0 Å². The Labute approximate surface area is 270 Å². The number of aryl methyl sites for hydroxylation is 1. The Hall–Kier alpha value is -3.86. The Morgan fingerprint density at radius 3 is 2.50 bits per heavy atom. The van der Waals surface area contributed by atoms with Crippen LogP contribution >= 0.6 is 0 Å². The topological polar surface area (TPSA) is 95.7 Å². The maximum absolute atomic E-state index is 16.0. The number of aromatic nitrogens is 3. The number of carbonyl (C=O) groups is 1. The Kier molecular flexibility index (Phi) is 9.67. The van der Waals surface area contributed by atoms with Crippen LogP contribution in [0.25, 0.3) is 22.3 Å². The number of methoxy groups -OCH3 is 1. The third-order valence-electron chi connectivity index (χ3n) is 9.59. The molecule has 1 amide bonds. The van der Waals surface area contributed by atoms with Crippen molar-refractivity contribution in [1.82, 2.24) is 24.3 Å². The molecule has 0 unspecified atom stereocenters. The summed E-state index contributed by atoms with van der Waals surface area (Å²) >= 11 is 0. The number of aliphatic hydroxyl groups is 1. The van der Waals surface area contributed by atoms with E-state index in [9.17, 15) is 9.90 Å². The average Bonchev–Trinajstić information content (AvgIpc) is 3.42. The second-order valence-corrected chi connectivity index (χ2v) is 13.1. The lowest BCUT2D eigenvalue weighted by molar-refractivity contribution is 0.101. The number of imidazole rings is 1. The predicted octanol–water partition coefficient (Wildman–Crippen LogP) is 6.02. The van der Waals surface area contributed by atoms with Gasteiger partial charge in [-0.25, -0.2) is 14.4 Å². The van der Waals surface area contributed by atoms with E-state index in [1.807, 2.05) is 6.07 Å². The summed E-state index contributed by atoms with van der Waals surface area (Å²) < 4.78 is 23.6. The van der Waals surface area contributed by atoms with Crippen LogP contribution in [0.5, 0.6) is 5.75 Å². The van der Waals surface area contributed by atoms with Crippen molar-refractivity contribution in [1.29, 1.82) is 0 Å². The molecule has 3 heterocycles. The zero-order valence-electron chi connectivity index (χ0n) is 27.3. The first-order valence-corrected chi connectivity index (χ1v) is 16.4. The summed E-state index contributed by atoms with van der Waals surface area (Å²) in [6.45, 7) is 6.04. The van der Waals surface area contributed by atoms with Gasteiger partial charge in [0.15, 0.2) is 5.82 Å². The highest BCUT2D eigenvalue weighted by Gasteiger charge is 2.28. The summed E-state index contributed by atoms with van der Waals surface area (Å²) in [5, 5.41) is 13.2. The van der Waals surface area contributed by atoms with Crippen LogP contribution in [0.15, 0.2) is 48.5 Å². The van der Waals surface area contributed by atoms with E-state index in [4.69, 9.17) is 9.72 Å². The molecule has 2 aromatic heterocycles. The zero-order valence-corrected chi connectivity index (χ0v) is 27.3. The molecule has 1 saturated carbocycles. The number of para-hydroxylation sites is 1. The zero-order chi connectivity index (χ0) is 32.4. The van der Waals surface area contributed by atoms with Crippen LogP contribution in [0.1, 0.15) is 72.1 Å². The number of benzene rings is 2. The van der Waals surface area contributed by atoms with Gasteiger partial charge in [0.1, 0.15) is 11.4 Å². The van der Waals surface area contributed by atoms with E-state index < -0.39 is 11.7 Å². The number of carbonyl (C=O) groups excluding carboxylic acids is 1. The fourth-order valence-corrected chi connectivity index (χ4v) is 6.98. The van der Waals surface area contributed by atoms with Gasteiger partial charge < -0.3 is 24.2 Å². The predicted molar refractivity (Wildman–Crippen MR) is 179 cm³/mol. The number of likely N-dealkylation sites (N-methyl/N-ethyl adjacent to an activating group) is 1. The second kappa shape index (κ2) is 13.9. The minimum absolute atomic E-state index is 0.0556. The molecule has 2 N–H and O–H groups in total. The van der Waals surface area contributed by atoms with Crippen LogP contribution in [0.3, 0.4) is 0 Å². The van der Waals surface area contributed by atoms with Crippen molar-refractivity contribution in [2.45, 2.75) is 63.5 Å². The average molecular weight is 629 g/mol. The number of hydrogen-bond donors (Lipinski definition) is 2. The van der Waals surface area contributed by atoms with Crippen molar-refractivity contribution in [3.8, 4) is 17.0 Å². The van der Waals surface area contributed by atoms with E-state index in [1.165, 1.54) is 18.7 Å². The van der Waals surface area contributed by atoms with Crippen molar-refractivity contribution in [2.24, 2.45) is 0 Å². The molecule has 1 aliphatic heterocycles. The number of pyridine rings is 1. The Bertz CT molecular complexity index is 1690. The van der Waals surface area contributed by atoms with Gasteiger partial charge >= 0.3 is 0 Å². The molecule has 6 rings (SSSR count). The summed E-state index contributed by atoms with van der Waals surface area (Å²) in [6, 6.07) is 15.0. The van der Waals surface area contributed by atoms with E-state index >= 15 is 4.39 Å². The lowest BCUT2D eigenvalue weighted by Crippen LogP contribution is -2.37. The Balaban J connectivity index is 1.32. The van der Waals surface area contributed by atoms with Crippen molar-refractivity contribution in [2.75, 3.05) is 52.7 Å². The van der Waals surface area contributed by atoms with Crippen LogP contribution < -0.4 is 10.1 Å². The molecule has 9 nitrogen and oxygen atoms in total. The van der Waals surface area contributed by atoms with Crippen LogP contribution in [-0.2, 0) is 0 Å². The molecule has 0 atom stereocenters. The maximum atomic E-state index is 16.0. The standard InChI is InChI=1S/C36H45FN6O3/c1-23-21-29(33(37)34(38-23)28-7-5-6-8-32(28)46-4)35(45)40-36-39-30-14-9-25(24-15-17-42(18-16-24)20-19-41(2)3)22-31(30)43(36)26-10-12-27(44)13-11-26/h5-9,14,21-22,24,26-27,44H,10-13,15-20H2,1-4H3,(H,39,40,45). The van der Waals surface area contributed by atoms with E-state index in [0.717, 1.165) is 62.9 Å². The minimum Gasteiger partial charge on any atom is -0.496 e. The highest BCUT2D eigenvalue weighted by atomic mass is 19.1. The number of piperidine rings is 1. The van der Waals surface area contributed by atoms with E-state index in [-0.39, 0.29) is 23.4 Å². The lowest BCUT2D eigenvalue weighted by atomic mass is 9.89. The highest BCUT2D eigenvalue weighted by molar-refractivity contribution is 6.05. The number of anilines is 1. The number of likely N-dealkylation sites (tertiary alicyclic amines) is 1. The molecule has 1 aliphatic carbocycles. The largest absolute Gasteiger partial charge is 0.496 e. The molecule has 2 aromatic carbocycles. The van der Waals surface area contributed by atoms with Crippen molar-refractivity contribution in [3.05, 3.63) is 71.2 Å². The molecule has 0 spiro atoms. The summed E-state index contributed by atoms with van der Waals surface area (Å²) in [6.07, 6.45) is 4.78. The molecule has 0 radical (unpaired) electrons. The molecule has 244 valence electrons. The lowest BCUT2D eigenvalue weighted by Gasteiger charge is -2.33. The van der Waals surface area contributed by atoms with Crippen LogP contribution in [-0.4, -0.2) is 88.8 Å². The first kappa shape index (κ1) is 32.1. The number of nitrogens with one attached hydrogen (secondary N) is 1.